The first-order valence-corrected chi connectivity index (χ1v) is 6.68. The van der Waals surface area contributed by atoms with Gasteiger partial charge >= 0.3 is 0 Å². The van der Waals surface area contributed by atoms with Crippen LogP contribution in [0.1, 0.15) is 43.0 Å². The van der Waals surface area contributed by atoms with Crippen LogP contribution in [0.3, 0.4) is 0 Å². The second kappa shape index (κ2) is 5.89. The van der Waals surface area contributed by atoms with Gasteiger partial charge in [-0.05, 0) is 49.6 Å². The van der Waals surface area contributed by atoms with E-state index in [1.807, 2.05) is 32.9 Å². The van der Waals surface area contributed by atoms with Crippen molar-refractivity contribution in [1.82, 2.24) is 5.43 Å². The Hall–Kier alpha value is -2.46. The summed E-state index contributed by atoms with van der Waals surface area (Å²) in [5, 5.41) is 0. The lowest BCUT2D eigenvalue weighted by Crippen LogP contribution is -2.31. The van der Waals surface area contributed by atoms with E-state index in [1.54, 1.807) is 24.3 Å². The molecular weight excluding hydrogens is 264 g/mol. The molecule has 2 aromatic rings. The predicted molar refractivity (Wildman–Crippen MR) is 82.2 cm³/mol. The van der Waals surface area contributed by atoms with Crippen molar-refractivity contribution in [3.05, 3.63) is 69.8 Å². The van der Waals surface area contributed by atoms with Gasteiger partial charge in [0.25, 0.3) is 5.91 Å². The number of benzene rings is 2. The van der Waals surface area contributed by atoms with Crippen molar-refractivity contribution >= 4 is 11.7 Å². The molecule has 2 aromatic carbocycles. The molecule has 3 N–H and O–H groups in total. The first-order chi connectivity index (χ1) is 9.95. The van der Waals surface area contributed by atoms with Gasteiger partial charge in [-0.15, -0.1) is 0 Å². The van der Waals surface area contributed by atoms with E-state index in [0.29, 0.717) is 11.1 Å². The quantitative estimate of drug-likeness (QED) is 0.393. The zero-order valence-corrected chi connectivity index (χ0v) is 12.4. The van der Waals surface area contributed by atoms with Crippen molar-refractivity contribution in [2.24, 2.45) is 5.84 Å². The zero-order chi connectivity index (χ0) is 15.6. The Morgan fingerprint density at radius 3 is 2.05 bits per heavy atom. The summed E-state index contributed by atoms with van der Waals surface area (Å²) in [4.78, 5) is 24.5. The molecule has 0 heterocycles. The summed E-state index contributed by atoms with van der Waals surface area (Å²) in [5.74, 6) is 4.53. The molecule has 108 valence electrons. The Bertz CT molecular complexity index is 721. The number of rotatable bonds is 3. The standard InChI is InChI=1S/C17H18N2O2/c1-10-8-12(3)15(9-11(10)2)16(20)13-6-4-5-7-14(13)17(21)19-18/h4-9H,18H2,1-3H3,(H,19,21). The average Bonchev–Trinajstić information content (AvgIpc) is 2.49. The highest BCUT2D eigenvalue weighted by Crippen LogP contribution is 2.20. The molecule has 1 amide bonds. The number of nitrogens with two attached hydrogens (primary N) is 1. The van der Waals surface area contributed by atoms with Gasteiger partial charge in [0.15, 0.2) is 5.78 Å². The molecule has 0 unspecified atom stereocenters. The van der Waals surface area contributed by atoms with Gasteiger partial charge in [0.2, 0.25) is 0 Å². The number of aryl methyl sites for hydroxylation is 3. The lowest BCUT2D eigenvalue weighted by molar-refractivity contribution is 0.0942. The summed E-state index contributed by atoms with van der Waals surface area (Å²) in [6.45, 7) is 5.86. The summed E-state index contributed by atoms with van der Waals surface area (Å²) in [7, 11) is 0. The van der Waals surface area contributed by atoms with Crippen molar-refractivity contribution in [3.8, 4) is 0 Å². The number of hydrogen-bond acceptors (Lipinski definition) is 3. The highest BCUT2D eigenvalue weighted by molar-refractivity contribution is 6.15. The molecule has 0 radical (unpaired) electrons. The molecule has 4 nitrogen and oxygen atoms in total. The van der Waals surface area contributed by atoms with Crippen LogP contribution < -0.4 is 11.3 Å². The highest BCUT2D eigenvalue weighted by atomic mass is 16.2. The molecule has 0 spiro atoms. The van der Waals surface area contributed by atoms with Crippen LogP contribution in [-0.4, -0.2) is 11.7 Å². The van der Waals surface area contributed by atoms with Crippen LogP contribution in [0.15, 0.2) is 36.4 Å². The van der Waals surface area contributed by atoms with Crippen molar-refractivity contribution in [3.63, 3.8) is 0 Å². The smallest absolute Gasteiger partial charge is 0.265 e. The Morgan fingerprint density at radius 1 is 0.857 bits per heavy atom. The Kier molecular flexibility index (Phi) is 4.19. The van der Waals surface area contributed by atoms with Crippen LogP contribution in [-0.2, 0) is 0 Å². The van der Waals surface area contributed by atoms with Crippen molar-refractivity contribution in [2.45, 2.75) is 20.8 Å². The Balaban J connectivity index is 2.56. The number of nitrogen functional groups attached to an aromatic ring is 1. The molecule has 0 aliphatic heterocycles. The van der Waals surface area contributed by atoms with Gasteiger partial charge in [0, 0.05) is 11.1 Å². The van der Waals surface area contributed by atoms with Crippen LogP contribution in [0, 0.1) is 20.8 Å². The molecule has 0 saturated carbocycles. The fraction of sp³-hybridized carbons (Fsp3) is 0.176. The monoisotopic (exact) mass is 282 g/mol. The molecule has 0 aromatic heterocycles. The third-order valence-corrected chi connectivity index (χ3v) is 3.63. The number of hydrazine groups is 1. The molecule has 4 heteroatoms. The summed E-state index contributed by atoms with van der Waals surface area (Å²) in [6, 6.07) is 10.5. The normalized spacial score (nSPS) is 10.3. The molecule has 0 aliphatic rings. The first kappa shape index (κ1) is 14.9. The topological polar surface area (TPSA) is 72.2 Å². The van der Waals surface area contributed by atoms with Gasteiger partial charge < -0.3 is 0 Å². The fourth-order valence-corrected chi connectivity index (χ4v) is 2.31. The van der Waals surface area contributed by atoms with Gasteiger partial charge in [-0.3, -0.25) is 15.0 Å². The van der Waals surface area contributed by atoms with Crippen LogP contribution in [0.5, 0.6) is 0 Å². The summed E-state index contributed by atoms with van der Waals surface area (Å²) >= 11 is 0. The van der Waals surface area contributed by atoms with E-state index in [9.17, 15) is 9.59 Å². The SMILES string of the molecule is Cc1cc(C)c(C(=O)c2ccccc2C(=O)NN)cc1C. The number of carbonyl (C=O) groups is 2. The summed E-state index contributed by atoms with van der Waals surface area (Å²) in [6.07, 6.45) is 0. The third-order valence-electron chi connectivity index (χ3n) is 3.63. The maximum Gasteiger partial charge on any atom is 0.265 e. The van der Waals surface area contributed by atoms with Crippen molar-refractivity contribution in [1.29, 1.82) is 0 Å². The zero-order valence-electron chi connectivity index (χ0n) is 12.4. The van der Waals surface area contributed by atoms with Crippen molar-refractivity contribution in [2.75, 3.05) is 0 Å². The maximum absolute atomic E-state index is 12.8. The highest BCUT2D eigenvalue weighted by Gasteiger charge is 2.19. The van der Waals surface area contributed by atoms with Gasteiger partial charge in [0.1, 0.15) is 0 Å². The van der Waals surface area contributed by atoms with E-state index in [1.165, 1.54) is 0 Å². The third kappa shape index (κ3) is 2.85. The van der Waals surface area contributed by atoms with Crippen LogP contribution >= 0.6 is 0 Å². The van der Waals surface area contributed by atoms with Crippen LogP contribution in [0.25, 0.3) is 0 Å². The second-order valence-electron chi connectivity index (χ2n) is 5.10. The lowest BCUT2D eigenvalue weighted by Gasteiger charge is -2.11. The molecule has 0 atom stereocenters. The van der Waals surface area contributed by atoms with E-state index in [-0.39, 0.29) is 11.3 Å². The minimum absolute atomic E-state index is 0.171. The largest absolute Gasteiger partial charge is 0.290 e. The maximum atomic E-state index is 12.8. The van der Waals surface area contributed by atoms with Crippen LogP contribution in [0.2, 0.25) is 0 Å². The number of ketones is 1. The lowest BCUT2D eigenvalue weighted by atomic mass is 9.92. The van der Waals surface area contributed by atoms with E-state index >= 15 is 0 Å². The van der Waals surface area contributed by atoms with E-state index in [0.717, 1.165) is 16.7 Å². The van der Waals surface area contributed by atoms with E-state index in [2.05, 4.69) is 5.43 Å². The van der Waals surface area contributed by atoms with E-state index in [4.69, 9.17) is 5.84 Å². The number of carbonyl (C=O) groups excluding carboxylic acids is 2. The Morgan fingerprint density at radius 2 is 1.43 bits per heavy atom. The molecule has 0 fully saturated rings. The minimum Gasteiger partial charge on any atom is -0.290 e. The predicted octanol–water partition coefficient (Wildman–Crippen LogP) is 2.45. The van der Waals surface area contributed by atoms with Gasteiger partial charge in [-0.25, -0.2) is 5.84 Å². The molecule has 0 aliphatic carbocycles. The first-order valence-electron chi connectivity index (χ1n) is 6.68. The van der Waals surface area contributed by atoms with Gasteiger partial charge in [-0.1, -0.05) is 24.3 Å². The summed E-state index contributed by atoms with van der Waals surface area (Å²) in [5.41, 5.74) is 6.39. The van der Waals surface area contributed by atoms with Gasteiger partial charge in [0.05, 0.1) is 5.56 Å². The van der Waals surface area contributed by atoms with Crippen molar-refractivity contribution < 1.29 is 9.59 Å². The molecule has 21 heavy (non-hydrogen) atoms. The molecule has 0 bridgehead atoms. The van der Waals surface area contributed by atoms with Crippen LogP contribution in [0.4, 0.5) is 0 Å². The fourth-order valence-electron chi connectivity index (χ4n) is 2.31. The minimum atomic E-state index is -0.472. The molecule has 0 saturated heterocycles. The number of amides is 1. The van der Waals surface area contributed by atoms with E-state index < -0.39 is 5.91 Å². The number of nitrogens with one attached hydrogen (secondary N) is 1. The Labute approximate surface area is 123 Å². The second-order valence-corrected chi connectivity index (χ2v) is 5.10. The number of hydrogen-bond donors (Lipinski definition) is 2. The summed E-state index contributed by atoms with van der Waals surface area (Å²) < 4.78 is 0. The molecular formula is C17H18N2O2. The van der Waals surface area contributed by atoms with Gasteiger partial charge in [-0.2, -0.15) is 0 Å². The molecule has 2 rings (SSSR count). The average molecular weight is 282 g/mol.